The van der Waals surface area contributed by atoms with E-state index in [1.54, 1.807) is 21.3 Å². The molecule has 4 aromatic rings. The average molecular weight is 679 g/mol. The lowest BCUT2D eigenvalue weighted by Gasteiger charge is -2.24. The van der Waals surface area contributed by atoms with E-state index in [4.69, 9.17) is 18.9 Å². The number of hydrogen-bond acceptors (Lipinski definition) is 5. The molecule has 1 N–H and O–H groups in total. The first-order valence-electron chi connectivity index (χ1n) is 18.8. The lowest BCUT2D eigenvalue weighted by molar-refractivity contribution is 0.199. The van der Waals surface area contributed by atoms with Crippen molar-refractivity contribution in [3.8, 4) is 23.0 Å². The first-order valence-corrected chi connectivity index (χ1v) is 18.8. The summed E-state index contributed by atoms with van der Waals surface area (Å²) < 4.78 is 25.4. The Bertz CT molecular complexity index is 1640. The van der Waals surface area contributed by atoms with Gasteiger partial charge in [-0.05, 0) is 92.4 Å². The van der Waals surface area contributed by atoms with Gasteiger partial charge in [-0.3, -0.25) is 0 Å². The third kappa shape index (κ3) is 8.49. The molecule has 0 radical (unpaired) electrons. The lowest BCUT2D eigenvalue weighted by Crippen LogP contribution is -2.11. The number of aliphatic hydroxyl groups excluding tert-OH is 1. The smallest absolute Gasteiger partial charge is 0.126 e. The highest BCUT2D eigenvalue weighted by atomic mass is 16.5. The number of aliphatic hydroxyl groups is 1. The second-order valence-electron chi connectivity index (χ2n) is 13.9. The molecule has 5 nitrogen and oxygen atoms in total. The van der Waals surface area contributed by atoms with Crippen LogP contribution >= 0.6 is 0 Å². The molecule has 268 valence electrons. The van der Waals surface area contributed by atoms with Crippen molar-refractivity contribution in [3.63, 3.8) is 0 Å². The number of methoxy groups -OCH3 is 3. The van der Waals surface area contributed by atoms with Crippen molar-refractivity contribution in [1.29, 1.82) is 0 Å². The predicted molar refractivity (Wildman–Crippen MR) is 205 cm³/mol. The number of benzene rings is 4. The first-order chi connectivity index (χ1) is 24.4. The highest BCUT2D eigenvalue weighted by Crippen LogP contribution is 2.41. The van der Waals surface area contributed by atoms with Gasteiger partial charge in [-0.15, -0.1) is 0 Å². The van der Waals surface area contributed by atoms with Crippen molar-refractivity contribution >= 4 is 0 Å². The Labute approximate surface area is 301 Å². The lowest BCUT2D eigenvalue weighted by atomic mass is 9.87. The minimum absolute atomic E-state index is 0.0475. The monoisotopic (exact) mass is 678 g/mol. The molecule has 0 saturated heterocycles. The molecule has 0 heterocycles. The third-order valence-electron chi connectivity index (χ3n) is 9.84. The topological polar surface area (TPSA) is 57.2 Å². The van der Waals surface area contributed by atoms with Crippen molar-refractivity contribution in [2.24, 2.45) is 0 Å². The maximum Gasteiger partial charge on any atom is 0.126 e. The van der Waals surface area contributed by atoms with Crippen LogP contribution in [0.25, 0.3) is 0 Å². The summed E-state index contributed by atoms with van der Waals surface area (Å²) >= 11 is 0. The highest BCUT2D eigenvalue weighted by molar-refractivity contribution is 5.58. The van der Waals surface area contributed by atoms with Crippen molar-refractivity contribution in [3.05, 3.63) is 115 Å². The zero-order valence-electron chi connectivity index (χ0n) is 31.6. The molecule has 0 fully saturated rings. The average Bonchev–Trinajstić information content (AvgIpc) is 3.08. The molecule has 0 atom stereocenters. The number of ether oxygens (including phenoxy) is 4. The number of rotatable bonds is 14. The summed E-state index contributed by atoms with van der Waals surface area (Å²) in [5, 5.41) is 9.94. The van der Waals surface area contributed by atoms with Gasteiger partial charge in [0.15, 0.2) is 0 Å². The Kier molecular flexibility index (Phi) is 13.3. The molecule has 0 saturated carbocycles. The number of hydrogen-bond donors (Lipinski definition) is 1. The SMILES string of the molecule is CCCc1cc2c(OC)c(c1)Cc1cc(CCC)cc(c1OC)Cc1cc(CCC)cc(c1OCCO)Cc1cc(CCC)cc(c1OC)C2. The van der Waals surface area contributed by atoms with Crippen LogP contribution in [0.5, 0.6) is 23.0 Å². The van der Waals surface area contributed by atoms with Crippen LogP contribution in [0, 0.1) is 0 Å². The van der Waals surface area contributed by atoms with E-state index in [1.165, 1.54) is 44.5 Å². The van der Waals surface area contributed by atoms with E-state index in [2.05, 4.69) is 76.2 Å². The van der Waals surface area contributed by atoms with Gasteiger partial charge in [0.25, 0.3) is 0 Å². The van der Waals surface area contributed by atoms with E-state index in [-0.39, 0.29) is 13.2 Å². The van der Waals surface area contributed by atoms with Gasteiger partial charge in [0, 0.05) is 25.7 Å². The minimum Gasteiger partial charge on any atom is -0.496 e. The van der Waals surface area contributed by atoms with Gasteiger partial charge in [0.2, 0.25) is 0 Å². The fourth-order valence-electron chi connectivity index (χ4n) is 8.03. The second kappa shape index (κ2) is 17.8. The number of aryl methyl sites for hydroxylation is 4. The van der Waals surface area contributed by atoms with Crippen LogP contribution in [0.4, 0.5) is 0 Å². The summed E-state index contributed by atoms with van der Waals surface area (Å²) in [6.45, 7) is 9.14. The van der Waals surface area contributed by atoms with Crippen LogP contribution in [-0.2, 0) is 51.4 Å². The zero-order valence-corrected chi connectivity index (χ0v) is 31.6. The van der Waals surface area contributed by atoms with Gasteiger partial charge in [-0.1, -0.05) is 102 Å². The summed E-state index contributed by atoms with van der Waals surface area (Å²) in [5.74, 6) is 3.65. The Morgan fingerprint density at radius 1 is 0.420 bits per heavy atom. The van der Waals surface area contributed by atoms with Crippen LogP contribution in [0.15, 0.2) is 48.5 Å². The summed E-state index contributed by atoms with van der Waals surface area (Å²) in [6.07, 6.45) is 10.9. The van der Waals surface area contributed by atoms with Gasteiger partial charge >= 0.3 is 0 Å². The molecule has 5 rings (SSSR count). The molecular weight excluding hydrogens is 620 g/mol. The number of fused-ring (bicyclic) bond motifs is 8. The van der Waals surface area contributed by atoms with Gasteiger partial charge in [-0.25, -0.2) is 0 Å². The molecule has 8 bridgehead atoms. The van der Waals surface area contributed by atoms with Crippen LogP contribution in [0.2, 0.25) is 0 Å². The standard InChI is InChI=1S/C45H58O5/c1-8-12-30-18-34-26-36-20-31(13-9-2)22-38(43(36)48-6)28-40-24-33(15-11-4)25-41(45(40)50-17-16-46)29-39-23-32(14-10-3)21-37(44(39)49-7)27-35(19-30)42(34)47-5/h18-25,46H,8-17,26-29H2,1-7H3. The molecule has 0 aliphatic heterocycles. The predicted octanol–water partition coefficient (Wildman–Crippen LogP) is 9.57. The van der Waals surface area contributed by atoms with E-state index in [0.717, 1.165) is 96.6 Å². The molecule has 0 aromatic heterocycles. The maximum absolute atomic E-state index is 9.94. The maximum atomic E-state index is 9.94. The van der Waals surface area contributed by atoms with Crippen molar-refractivity contribution in [1.82, 2.24) is 0 Å². The minimum atomic E-state index is -0.0475. The van der Waals surface area contributed by atoms with Crippen molar-refractivity contribution in [2.45, 2.75) is 105 Å². The fraction of sp³-hybridized carbons (Fsp3) is 0.467. The largest absolute Gasteiger partial charge is 0.496 e. The van der Waals surface area contributed by atoms with Gasteiger partial charge in [0.05, 0.1) is 27.9 Å². The summed E-state index contributed by atoms with van der Waals surface area (Å²) in [7, 11) is 5.40. The van der Waals surface area contributed by atoms with E-state index >= 15 is 0 Å². The summed E-state index contributed by atoms with van der Waals surface area (Å²) in [5.41, 5.74) is 14.5. The Balaban J connectivity index is 1.88. The molecule has 0 spiro atoms. The molecule has 4 aromatic carbocycles. The highest BCUT2D eigenvalue weighted by Gasteiger charge is 2.23. The van der Waals surface area contributed by atoms with Crippen LogP contribution < -0.4 is 18.9 Å². The van der Waals surface area contributed by atoms with Crippen molar-refractivity contribution < 1.29 is 24.1 Å². The molecule has 5 heteroatoms. The van der Waals surface area contributed by atoms with Crippen LogP contribution in [-0.4, -0.2) is 39.6 Å². The van der Waals surface area contributed by atoms with Gasteiger partial charge in [-0.2, -0.15) is 0 Å². The van der Waals surface area contributed by atoms with Crippen LogP contribution in [0.3, 0.4) is 0 Å². The zero-order chi connectivity index (χ0) is 35.6. The summed E-state index contributed by atoms with van der Waals surface area (Å²) in [4.78, 5) is 0. The fourth-order valence-corrected chi connectivity index (χ4v) is 8.03. The van der Waals surface area contributed by atoms with Crippen LogP contribution in [0.1, 0.15) is 120 Å². The molecule has 1 aliphatic carbocycles. The normalized spacial score (nSPS) is 12.5. The van der Waals surface area contributed by atoms with Crippen molar-refractivity contribution in [2.75, 3.05) is 34.5 Å². The quantitative estimate of drug-likeness (QED) is 0.127. The second-order valence-corrected chi connectivity index (χ2v) is 13.9. The van der Waals surface area contributed by atoms with Gasteiger partial charge in [0.1, 0.15) is 29.6 Å². The third-order valence-corrected chi connectivity index (χ3v) is 9.84. The van der Waals surface area contributed by atoms with E-state index in [0.29, 0.717) is 25.7 Å². The summed E-state index contributed by atoms with van der Waals surface area (Å²) in [6, 6.07) is 18.7. The van der Waals surface area contributed by atoms with E-state index < -0.39 is 0 Å². The molecule has 0 amide bonds. The molecular formula is C45H58O5. The Hall–Kier alpha value is -3.96. The Morgan fingerprint density at radius 3 is 0.860 bits per heavy atom. The molecule has 1 aliphatic rings. The molecule has 50 heavy (non-hydrogen) atoms. The van der Waals surface area contributed by atoms with E-state index in [1.807, 2.05) is 0 Å². The first kappa shape index (κ1) is 37.3. The molecule has 0 unspecified atom stereocenters. The van der Waals surface area contributed by atoms with E-state index in [9.17, 15) is 5.11 Å². The van der Waals surface area contributed by atoms with Gasteiger partial charge < -0.3 is 24.1 Å². The Morgan fingerprint density at radius 2 is 0.660 bits per heavy atom.